The topological polar surface area (TPSA) is 46.3 Å². The van der Waals surface area contributed by atoms with Gasteiger partial charge in [-0.15, -0.1) is 11.3 Å². The Balaban J connectivity index is 1.89. The number of hydrogen-bond acceptors (Lipinski definition) is 4. The number of nitrogens with two attached hydrogens (primary N) is 1. The van der Waals surface area contributed by atoms with E-state index in [-0.39, 0.29) is 11.9 Å². The Labute approximate surface area is 117 Å². The van der Waals surface area contributed by atoms with Crippen LogP contribution in [-0.2, 0) is 4.79 Å². The highest BCUT2D eigenvalue weighted by molar-refractivity contribution is 7.99. The van der Waals surface area contributed by atoms with Crippen LogP contribution in [0.5, 0.6) is 0 Å². The van der Waals surface area contributed by atoms with Crippen molar-refractivity contribution in [3.8, 4) is 0 Å². The summed E-state index contributed by atoms with van der Waals surface area (Å²) in [5.41, 5.74) is 5.69. The molecule has 0 bridgehead atoms. The van der Waals surface area contributed by atoms with Crippen molar-refractivity contribution >= 4 is 29.0 Å². The van der Waals surface area contributed by atoms with Crippen LogP contribution in [0.15, 0.2) is 17.5 Å². The summed E-state index contributed by atoms with van der Waals surface area (Å²) in [4.78, 5) is 15.6. The second-order valence-corrected chi connectivity index (χ2v) is 6.76. The Hall–Kier alpha value is -0.520. The first kappa shape index (κ1) is 13.9. The molecular formula is C13H20N2OS2. The highest BCUT2D eigenvalue weighted by atomic mass is 32.2. The minimum Gasteiger partial charge on any atom is -0.334 e. The van der Waals surface area contributed by atoms with E-state index in [4.69, 9.17) is 5.73 Å². The van der Waals surface area contributed by atoms with E-state index in [1.54, 1.807) is 23.1 Å². The summed E-state index contributed by atoms with van der Waals surface area (Å²) in [6.07, 6.45) is 2.22. The average Bonchev–Trinajstić information content (AvgIpc) is 2.99. The number of hydrogen-bond donors (Lipinski definition) is 1. The lowest BCUT2D eigenvalue weighted by Gasteiger charge is -2.24. The third-order valence-electron chi connectivity index (χ3n) is 3.05. The lowest BCUT2D eigenvalue weighted by molar-refractivity contribution is -0.129. The quantitative estimate of drug-likeness (QED) is 0.903. The molecule has 1 aliphatic heterocycles. The fourth-order valence-corrected chi connectivity index (χ4v) is 3.96. The molecule has 0 aromatic carbocycles. The molecule has 1 aliphatic rings. The number of amides is 1. The minimum absolute atomic E-state index is 0.162. The van der Waals surface area contributed by atoms with Gasteiger partial charge in [-0.3, -0.25) is 4.79 Å². The Morgan fingerprint density at radius 1 is 1.72 bits per heavy atom. The first-order chi connectivity index (χ1) is 8.68. The molecule has 5 heteroatoms. The molecule has 0 aliphatic carbocycles. The van der Waals surface area contributed by atoms with E-state index in [1.807, 2.05) is 11.8 Å². The van der Waals surface area contributed by atoms with E-state index in [0.29, 0.717) is 11.8 Å². The zero-order valence-corrected chi connectivity index (χ0v) is 12.3. The normalized spacial score (nSPS) is 21.2. The molecule has 1 aromatic rings. The maximum Gasteiger partial charge on any atom is 0.233 e. The van der Waals surface area contributed by atoms with Crippen molar-refractivity contribution in [1.29, 1.82) is 0 Å². The Morgan fingerprint density at radius 3 is 3.22 bits per heavy atom. The standard InChI is InChI=1S/C13H20N2OS2/c1-10(14)8-17-9-13(16)15-6-2-4-11(15)12-5-3-7-18-12/h3,5,7,10-11H,2,4,6,8-9,14H2,1H3. The molecule has 1 fully saturated rings. The lowest BCUT2D eigenvalue weighted by Crippen LogP contribution is -2.32. The fraction of sp³-hybridized carbons (Fsp3) is 0.615. The zero-order valence-electron chi connectivity index (χ0n) is 10.7. The van der Waals surface area contributed by atoms with Crippen molar-refractivity contribution in [2.24, 2.45) is 5.73 Å². The van der Waals surface area contributed by atoms with Crippen molar-refractivity contribution in [2.75, 3.05) is 18.1 Å². The van der Waals surface area contributed by atoms with E-state index >= 15 is 0 Å². The molecule has 2 rings (SSSR count). The molecule has 100 valence electrons. The third-order valence-corrected chi connectivity index (χ3v) is 5.24. The van der Waals surface area contributed by atoms with Crippen molar-refractivity contribution in [2.45, 2.75) is 31.8 Å². The summed E-state index contributed by atoms with van der Waals surface area (Å²) in [7, 11) is 0. The molecule has 2 heterocycles. The summed E-state index contributed by atoms with van der Waals surface area (Å²) < 4.78 is 0. The molecule has 1 saturated heterocycles. The number of carbonyl (C=O) groups is 1. The van der Waals surface area contributed by atoms with Crippen LogP contribution >= 0.6 is 23.1 Å². The van der Waals surface area contributed by atoms with Gasteiger partial charge in [0.15, 0.2) is 0 Å². The highest BCUT2D eigenvalue weighted by Gasteiger charge is 2.30. The van der Waals surface area contributed by atoms with Crippen LogP contribution in [0.1, 0.15) is 30.7 Å². The number of carbonyl (C=O) groups excluding carboxylic acids is 1. The molecule has 2 atom stereocenters. The number of rotatable bonds is 5. The van der Waals surface area contributed by atoms with Gasteiger partial charge < -0.3 is 10.6 Å². The number of nitrogens with zero attached hydrogens (tertiary/aromatic N) is 1. The summed E-state index contributed by atoms with van der Waals surface area (Å²) in [6.45, 7) is 2.88. The summed E-state index contributed by atoms with van der Waals surface area (Å²) >= 11 is 3.39. The van der Waals surface area contributed by atoms with Crippen LogP contribution in [0.4, 0.5) is 0 Å². The van der Waals surface area contributed by atoms with Gasteiger partial charge in [-0.2, -0.15) is 11.8 Å². The molecule has 2 N–H and O–H groups in total. The smallest absolute Gasteiger partial charge is 0.233 e. The van der Waals surface area contributed by atoms with Crippen LogP contribution in [0.3, 0.4) is 0 Å². The average molecular weight is 284 g/mol. The van der Waals surface area contributed by atoms with Crippen molar-refractivity contribution in [1.82, 2.24) is 4.90 Å². The van der Waals surface area contributed by atoms with Gasteiger partial charge in [0, 0.05) is 23.2 Å². The van der Waals surface area contributed by atoms with Gasteiger partial charge in [0.05, 0.1) is 11.8 Å². The second kappa shape index (κ2) is 6.59. The van der Waals surface area contributed by atoms with Gasteiger partial charge in [0.25, 0.3) is 0 Å². The molecule has 1 aromatic heterocycles. The summed E-state index contributed by atoms with van der Waals surface area (Å²) in [6, 6.07) is 4.67. The van der Waals surface area contributed by atoms with E-state index in [0.717, 1.165) is 25.1 Å². The number of thioether (sulfide) groups is 1. The number of thiophene rings is 1. The fourth-order valence-electron chi connectivity index (χ4n) is 2.26. The molecular weight excluding hydrogens is 264 g/mol. The van der Waals surface area contributed by atoms with Crippen molar-refractivity contribution < 1.29 is 4.79 Å². The Bertz CT molecular complexity index is 378. The molecule has 0 spiro atoms. The van der Waals surface area contributed by atoms with Gasteiger partial charge in [0.1, 0.15) is 0 Å². The maximum absolute atomic E-state index is 12.2. The third kappa shape index (κ3) is 3.49. The van der Waals surface area contributed by atoms with Crippen LogP contribution < -0.4 is 5.73 Å². The van der Waals surface area contributed by atoms with Crippen molar-refractivity contribution in [3.05, 3.63) is 22.4 Å². The van der Waals surface area contributed by atoms with Crippen LogP contribution in [-0.4, -0.2) is 34.9 Å². The summed E-state index contributed by atoms with van der Waals surface area (Å²) in [5.74, 6) is 1.67. The van der Waals surface area contributed by atoms with Crippen molar-refractivity contribution in [3.63, 3.8) is 0 Å². The minimum atomic E-state index is 0.162. The molecule has 0 saturated carbocycles. The highest BCUT2D eigenvalue weighted by Crippen LogP contribution is 2.34. The summed E-state index contributed by atoms with van der Waals surface area (Å²) in [5, 5.41) is 2.08. The molecule has 3 nitrogen and oxygen atoms in total. The largest absolute Gasteiger partial charge is 0.334 e. The van der Waals surface area contributed by atoms with E-state index in [1.165, 1.54) is 4.88 Å². The molecule has 2 unspecified atom stereocenters. The Kier molecular flexibility index (Phi) is 5.09. The molecule has 1 amide bonds. The van der Waals surface area contributed by atoms with Gasteiger partial charge in [-0.25, -0.2) is 0 Å². The first-order valence-electron chi connectivity index (χ1n) is 6.34. The SMILES string of the molecule is CC(N)CSCC(=O)N1CCCC1c1cccs1. The second-order valence-electron chi connectivity index (χ2n) is 4.75. The predicted molar refractivity (Wildman–Crippen MR) is 79.0 cm³/mol. The first-order valence-corrected chi connectivity index (χ1v) is 8.38. The Morgan fingerprint density at radius 2 is 2.56 bits per heavy atom. The van der Waals surface area contributed by atoms with Crippen LogP contribution in [0.2, 0.25) is 0 Å². The zero-order chi connectivity index (χ0) is 13.0. The lowest BCUT2D eigenvalue weighted by atomic mass is 10.2. The molecule has 18 heavy (non-hydrogen) atoms. The monoisotopic (exact) mass is 284 g/mol. The van der Waals surface area contributed by atoms with Crippen LogP contribution in [0.25, 0.3) is 0 Å². The molecule has 0 radical (unpaired) electrons. The van der Waals surface area contributed by atoms with Gasteiger partial charge in [0.2, 0.25) is 5.91 Å². The van der Waals surface area contributed by atoms with Gasteiger partial charge in [-0.1, -0.05) is 6.07 Å². The van der Waals surface area contributed by atoms with E-state index < -0.39 is 0 Å². The number of likely N-dealkylation sites (tertiary alicyclic amines) is 1. The maximum atomic E-state index is 12.2. The van der Waals surface area contributed by atoms with E-state index in [2.05, 4.69) is 17.5 Å². The van der Waals surface area contributed by atoms with Gasteiger partial charge in [-0.05, 0) is 31.2 Å². The van der Waals surface area contributed by atoms with Gasteiger partial charge >= 0.3 is 0 Å². The van der Waals surface area contributed by atoms with E-state index in [9.17, 15) is 4.79 Å². The predicted octanol–water partition coefficient (Wildman–Crippen LogP) is 2.49. The van der Waals surface area contributed by atoms with Crippen LogP contribution in [0, 0.1) is 0 Å².